The maximum absolute atomic E-state index is 13.5. The Morgan fingerprint density at radius 3 is 3.07 bits per heavy atom. The Morgan fingerprint density at radius 1 is 1.50 bits per heavy atom. The lowest BCUT2D eigenvalue weighted by Gasteiger charge is -2.14. The van der Waals surface area contributed by atoms with Crippen LogP contribution in [0.15, 0.2) is 12.1 Å². The van der Waals surface area contributed by atoms with Crippen molar-refractivity contribution in [2.24, 2.45) is 5.73 Å². The van der Waals surface area contributed by atoms with E-state index in [1.807, 2.05) is 6.92 Å². The highest BCUT2D eigenvalue weighted by molar-refractivity contribution is 5.44. The Labute approximate surface area is 82.9 Å². The maximum Gasteiger partial charge on any atom is 0.131 e. The van der Waals surface area contributed by atoms with Gasteiger partial charge in [0, 0.05) is 11.6 Å². The van der Waals surface area contributed by atoms with E-state index in [1.54, 1.807) is 6.07 Å². The van der Waals surface area contributed by atoms with E-state index in [2.05, 4.69) is 0 Å². The molecule has 3 heteroatoms. The van der Waals surface area contributed by atoms with Crippen molar-refractivity contribution >= 4 is 0 Å². The molecule has 76 valence electrons. The molecule has 1 aromatic rings. The zero-order valence-electron chi connectivity index (χ0n) is 8.22. The zero-order chi connectivity index (χ0) is 10.1. The van der Waals surface area contributed by atoms with Crippen molar-refractivity contribution < 1.29 is 9.13 Å². The Kier molecular flexibility index (Phi) is 2.42. The third kappa shape index (κ3) is 1.48. The summed E-state index contributed by atoms with van der Waals surface area (Å²) in [7, 11) is 0. The molecule has 0 saturated carbocycles. The Hall–Kier alpha value is -1.09. The molecule has 0 saturated heterocycles. The average Bonchev–Trinajstić information content (AvgIpc) is 2.35. The van der Waals surface area contributed by atoms with Crippen LogP contribution in [0.4, 0.5) is 4.39 Å². The van der Waals surface area contributed by atoms with Gasteiger partial charge in [0.2, 0.25) is 0 Å². The second-order valence-electron chi connectivity index (χ2n) is 3.70. The molecule has 2 N–H and O–H groups in total. The van der Waals surface area contributed by atoms with Gasteiger partial charge >= 0.3 is 0 Å². The topological polar surface area (TPSA) is 35.2 Å². The molecule has 0 radical (unpaired) electrons. The van der Waals surface area contributed by atoms with Gasteiger partial charge in [-0.05, 0) is 31.4 Å². The van der Waals surface area contributed by atoms with Gasteiger partial charge in [0.05, 0.1) is 6.61 Å². The summed E-state index contributed by atoms with van der Waals surface area (Å²) >= 11 is 0. The molecule has 0 spiro atoms. The minimum Gasteiger partial charge on any atom is -0.493 e. The van der Waals surface area contributed by atoms with Gasteiger partial charge < -0.3 is 10.5 Å². The first-order valence-corrected chi connectivity index (χ1v) is 4.87. The van der Waals surface area contributed by atoms with Crippen LogP contribution >= 0.6 is 0 Å². The van der Waals surface area contributed by atoms with Crippen molar-refractivity contribution in [1.29, 1.82) is 0 Å². The largest absolute Gasteiger partial charge is 0.493 e. The molecule has 0 fully saturated rings. The van der Waals surface area contributed by atoms with Crippen LogP contribution in [0.3, 0.4) is 0 Å². The first kappa shape index (κ1) is 9.46. The van der Waals surface area contributed by atoms with E-state index in [-0.39, 0.29) is 11.9 Å². The fourth-order valence-corrected chi connectivity index (χ4v) is 1.84. The van der Waals surface area contributed by atoms with Gasteiger partial charge in [-0.15, -0.1) is 0 Å². The van der Waals surface area contributed by atoms with Crippen LogP contribution in [0.2, 0.25) is 0 Å². The highest BCUT2D eigenvalue weighted by Crippen LogP contribution is 2.34. The van der Waals surface area contributed by atoms with Gasteiger partial charge in [-0.2, -0.15) is 0 Å². The Balaban J connectivity index is 2.57. The Bertz CT molecular complexity index is 351. The van der Waals surface area contributed by atoms with E-state index in [0.717, 1.165) is 18.4 Å². The van der Waals surface area contributed by atoms with Gasteiger partial charge in [0.15, 0.2) is 0 Å². The van der Waals surface area contributed by atoms with Gasteiger partial charge in [-0.25, -0.2) is 4.39 Å². The molecule has 0 aliphatic carbocycles. The summed E-state index contributed by atoms with van der Waals surface area (Å²) in [5.41, 5.74) is 7.40. The maximum atomic E-state index is 13.5. The van der Waals surface area contributed by atoms with Gasteiger partial charge in [-0.1, -0.05) is 6.07 Å². The minimum absolute atomic E-state index is 0.229. The first-order chi connectivity index (χ1) is 6.70. The number of benzene rings is 1. The third-order valence-electron chi connectivity index (χ3n) is 2.62. The van der Waals surface area contributed by atoms with Crippen LogP contribution in [0.5, 0.6) is 5.75 Å². The lowest BCUT2D eigenvalue weighted by Crippen LogP contribution is -2.11. The average molecular weight is 195 g/mol. The molecule has 1 aromatic carbocycles. The molecule has 14 heavy (non-hydrogen) atoms. The van der Waals surface area contributed by atoms with Crippen molar-refractivity contribution in [3.05, 3.63) is 29.1 Å². The molecular weight excluding hydrogens is 181 g/mol. The minimum atomic E-state index is -0.250. The number of ether oxygens (including phenoxy) is 1. The van der Waals surface area contributed by atoms with Gasteiger partial charge in [0.1, 0.15) is 11.6 Å². The van der Waals surface area contributed by atoms with Crippen molar-refractivity contribution in [1.82, 2.24) is 0 Å². The zero-order valence-corrected chi connectivity index (χ0v) is 8.22. The number of hydrogen-bond donors (Lipinski definition) is 1. The molecule has 0 aromatic heterocycles. The number of fused-ring (bicyclic) bond motifs is 1. The van der Waals surface area contributed by atoms with Crippen molar-refractivity contribution in [2.75, 3.05) is 6.61 Å². The monoisotopic (exact) mass is 195 g/mol. The predicted molar refractivity (Wildman–Crippen MR) is 52.8 cm³/mol. The van der Waals surface area contributed by atoms with E-state index >= 15 is 0 Å². The van der Waals surface area contributed by atoms with Crippen LogP contribution < -0.4 is 10.5 Å². The normalized spacial score (nSPS) is 20.9. The molecular formula is C11H14FNO. The van der Waals surface area contributed by atoms with E-state index in [9.17, 15) is 4.39 Å². The molecule has 0 bridgehead atoms. The predicted octanol–water partition coefficient (Wildman–Crippen LogP) is 2.31. The number of rotatable bonds is 0. The molecule has 1 heterocycles. The molecule has 1 aliphatic rings. The summed E-state index contributed by atoms with van der Waals surface area (Å²) in [5.74, 6) is 0.398. The SMILES string of the molecule is Cc1ccc(F)c2c1OCCC[C@@H]2N. The second kappa shape index (κ2) is 3.58. The van der Waals surface area contributed by atoms with E-state index < -0.39 is 0 Å². The molecule has 1 atom stereocenters. The molecule has 2 nitrogen and oxygen atoms in total. The first-order valence-electron chi connectivity index (χ1n) is 4.87. The number of hydrogen-bond acceptors (Lipinski definition) is 2. The van der Waals surface area contributed by atoms with Crippen LogP contribution in [-0.4, -0.2) is 6.61 Å². The van der Waals surface area contributed by atoms with E-state index in [1.165, 1.54) is 6.07 Å². The molecule has 2 rings (SSSR count). The lowest BCUT2D eigenvalue weighted by atomic mass is 10.00. The Morgan fingerprint density at radius 2 is 2.29 bits per heavy atom. The van der Waals surface area contributed by atoms with Crippen LogP contribution in [0, 0.1) is 12.7 Å². The fraction of sp³-hybridized carbons (Fsp3) is 0.455. The van der Waals surface area contributed by atoms with E-state index in [4.69, 9.17) is 10.5 Å². The number of aryl methyl sites for hydroxylation is 1. The third-order valence-corrected chi connectivity index (χ3v) is 2.62. The lowest BCUT2D eigenvalue weighted by molar-refractivity contribution is 0.313. The fourth-order valence-electron chi connectivity index (χ4n) is 1.84. The van der Waals surface area contributed by atoms with Crippen LogP contribution in [0.1, 0.15) is 30.0 Å². The van der Waals surface area contributed by atoms with Crippen LogP contribution in [0.25, 0.3) is 0 Å². The van der Waals surface area contributed by atoms with Crippen LogP contribution in [-0.2, 0) is 0 Å². The highest BCUT2D eigenvalue weighted by atomic mass is 19.1. The summed E-state index contributed by atoms with van der Waals surface area (Å²) in [6.45, 7) is 2.54. The summed E-state index contributed by atoms with van der Waals surface area (Å²) in [4.78, 5) is 0. The van der Waals surface area contributed by atoms with Crippen molar-refractivity contribution in [3.63, 3.8) is 0 Å². The van der Waals surface area contributed by atoms with Gasteiger partial charge in [-0.3, -0.25) is 0 Å². The quantitative estimate of drug-likeness (QED) is 0.689. The summed E-state index contributed by atoms with van der Waals surface area (Å²) in [6.07, 6.45) is 1.67. The molecule has 1 aliphatic heterocycles. The number of halogens is 1. The van der Waals surface area contributed by atoms with Crippen molar-refractivity contribution in [3.8, 4) is 5.75 Å². The van der Waals surface area contributed by atoms with E-state index in [0.29, 0.717) is 17.9 Å². The number of nitrogens with two attached hydrogens (primary N) is 1. The van der Waals surface area contributed by atoms with Gasteiger partial charge in [0.25, 0.3) is 0 Å². The molecule has 0 unspecified atom stereocenters. The summed E-state index contributed by atoms with van der Waals surface area (Å²) in [6, 6.07) is 2.96. The van der Waals surface area contributed by atoms with Crippen molar-refractivity contribution in [2.45, 2.75) is 25.8 Å². The second-order valence-corrected chi connectivity index (χ2v) is 3.70. The highest BCUT2D eigenvalue weighted by Gasteiger charge is 2.21. The summed E-state index contributed by atoms with van der Waals surface area (Å²) < 4.78 is 19.0. The summed E-state index contributed by atoms with van der Waals surface area (Å²) in [5, 5.41) is 0. The smallest absolute Gasteiger partial charge is 0.131 e. The standard InChI is InChI=1S/C11H14FNO/c1-7-4-5-8(12)10-9(13)3-2-6-14-11(7)10/h4-5,9H,2-3,6,13H2,1H3/t9-/m0/s1. The molecule has 0 amide bonds.